The van der Waals surface area contributed by atoms with Gasteiger partial charge in [-0.3, -0.25) is 9.69 Å². The van der Waals surface area contributed by atoms with E-state index in [0.717, 1.165) is 44.0 Å². The van der Waals surface area contributed by atoms with Gasteiger partial charge in [-0.15, -0.1) is 0 Å². The van der Waals surface area contributed by atoms with Gasteiger partial charge < -0.3 is 9.47 Å². The summed E-state index contributed by atoms with van der Waals surface area (Å²) in [6.07, 6.45) is 4.96. The van der Waals surface area contributed by atoms with Crippen LogP contribution >= 0.6 is 0 Å². The molecule has 4 nitrogen and oxygen atoms in total. The third-order valence-corrected chi connectivity index (χ3v) is 6.38. The summed E-state index contributed by atoms with van der Waals surface area (Å²) < 4.78 is 11.8. The summed E-state index contributed by atoms with van der Waals surface area (Å²) in [4.78, 5) is 14.8. The lowest BCUT2D eigenvalue weighted by atomic mass is 9.86. The Morgan fingerprint density at radius 2 is 1.79 bits per heavy atom. The van der Waals surface area contributed by atoms with Crippen LogP contribution in [0.4, 0.5) is 0 Å². The summed E-state index contributed by atoms with van der Waals surface area (Å²) in [6.45, 7) is 4.29. The van der Waals surface area contributed by atoms with Crippen molar-refractivity contribution in [3.8, 4) is 11.5 Å². The van der Waals surface area contributed by atoms with Gasteiger partial charge in [-0.1, -0.05) is 36.4 Å². The zero-order valence-electron chi connectivity index (χ0n) is 17.5. The maximum Gasteiger partial charge on any atom is 0.161 e. The first-order valence-electron chi connectivity index (χ1n) is 10.8. The van der Waals surface area contributed by atoms with Crippen molar-refractivity contribution < 1.29 is 14.3 Å². The number of Topliss-reactive ketones (excluding diaryl/α,β-unsaturated/α-hetero) is 1. The largest absolute Gasteiger partial charge is 0.493 e. The lowest BCUT2D eigenvalue weighted by Crippen LogP contribution is -2.22. The smallest absolute Gasteiger partial charge is 0.161 e. The molecule has 1 saturated heterocycles. The molecule has 2 fully saturated rings. The van der Waals surface area contributed by atoms with E-state index in [-0.39, 0.29) is 23.7 Å². The number of likely N-dealkylation sites (tertiary alicyclic amines) is 1. The van der Waals surface area contributed by atoms with Gasteiger partial charge >= 0.3 is 0 Å². The normalized spacial score (nSPS) is 22.7. The Bertz CT molecular complexity index is 829. The molecule has 0 spiro atoms. The zero-order valence-corrected chi connectivity index (χ0v) is 17.5. The third kappa shape index (κ3) is 4.64. The molecular formula is C25H31NO3. The van der Waals surface area contributed by atoms with Gasteiger partial charge in [0.1, 0.15) is 5.78 Å². The van der Waals surface area contributed by atoms with Crippen LogP contribution in [-0.4, -0.2) is 37.0 Å². The van der Waals surface area contributed by atoms with E-state index in [4.69, 9.17) is 9.47 Å². The van der Waals surface area contributed by atoms with Crippen molar-refractivity contribution in [1.29, 1.82) is 0 Å². The molecule has 0 N–H and O–H groups in total. The SMILES string of the molecule is COc1ccc(C2CN(Cc3ccccc3)CC2C(C)=O)cc1OC1CCCC1. The summed E-state index contributed by atoms with van der Waals surface area (Å²) in [7, 11) is 1.69. The van der Waals surface area contributed by atoms with Crippen LogP contribution in [0.1, 0.15) is 49.7 Å². The molecule has 0 amide bonds. The van der Waals surface area contributed by atoms with Crippen molar-refractivity contribution in [2.75, 3.05) is 20.2 Å². The van der Waals surface area contributed by atoms with E-state index in [1.807, 2.05) is 12.1 Å². The topological polar surface area (TPSA) is 38.8 Å². The molecule has 4 rings (SSSR count). The predicted octanol–water partition coefficient (Wildman–Crippen LogP) is 4.82. The van der Waals surface area contributed by atoms with Gasteiger partial charge in [-0.25, -0.2) is 0 Å². The first-order valence-corrected chi connectivity index (χ1v) is 10.8. The van der Waals surface area contributed by atoms with Gasteiger partial charge in [0.25, 0.3) is 0 Å². The molecule has 2 atom stereocenters. The van der Waals surface area contributed by atoms with Gasteiger partial charge in [0.15, 0.2) is 11.5 Å². The lowest BCUT2D eigenvalue weighted by Gasteiger charge is -2.21. The fraction of sp³-hybridized carbons (Fsp3) is 0.480. The summed E-state index contributed by atoms with van der Waals surface area (Å²) >= 11 is 0. The van der Waals surface area contributed by atoms with Crippen molar-refractivity contribution in [2.24, 2.45) is 5.92 Å². The Kier molecular flexibility index (Phi) is 6.19. The number of nitrogens with zero attached hydrogens (tertiary/aromatic N) is 1. The molecule has 1 heterocycles. The third-order valence-electron chi connectivity index (χ3n) is 6.38. The number of hydrogen-bond donors (Lipinski definition) is 0. The minimum absolute atomic E-state index is 0.0198. The second kappa shape index (κ2) is 9.00. The molecule has 2 unspecified atom stereocenters. The Morgan fingerprint density at radius 3 is 2.48 bits per heavy atom. The van der Waals surface area contributed by atoms with Crippen LogP contribution in [-0.2, 0) is 11.3 Å². The van der Waals surface area contributed by atoms with E-state index in [2.05, 4.69) is 41.3 Å². The number of benzene rings is 2. The summed E-state index contributed by atoms with van der Waals surface area (Å²) in [5, 5.41) is 0. The van der Waals surface area contributed by atoms with E-state index in [1.54, 1.807) is 14.0 Å². The maximum atomic E-state index is 12.4. The van der Waals surface area contributed by atoms with Crippen molar-refractivity contribution in [1.82, 2.24) is 4.90 Å². The maximum absolute atomic E-state index is 12.4. The first kappa shape index (κ1) is 20.0. The standard InChI is InChI=1S/C25H31NO3/c1-18(27)22-16-26(15-19-8-4-3-5-9-19)17-23(22)20-12-13-24(28-2)25(14-20)29-21-10-6-7-11-21/h3-5,8-9,12-14,21-23H,6-7,10-11,15-17H2,1-2H3. The Morgan fingerprint density at radius 1 is 1.03 bits per heavy atom. The lowest BCUT2D eigenvalue weighted by molar-refractivity contribution is -0.120. The van der Waals surface area contributed by atoms with E-state index >= 15 is 0 Å². The molecule has 2 aromatic rings. The van der Waals surface area contributed by atoms with Crippen LogP contribution in [0.2, 0.25) is 0 Å². The van der Waals surface area contributed by atoms with Crippen LogP contribution in [0, 0.1) is 5.92 Å². The second-order valence-corrected chi connectivity index (χ2v) is 8.44. The molecule has 154 valence electrons. The quantitative estimate of drug-likeness (QED) is 0.676. The van der Waals surface area contributed by atoms with Crippen LogP contribution in [0.15, 0.2) is 48.5 Å². The Labute approximate surface area is 173 Å². The fourth-order valence-electron chi connectivity index (χ4n) is 4.81. The summed E-state index contributed by atoms with van der Waals surface area (Å²) in [6, 6.07) is 16.7. The van der Waals surface area contributed by atoms with E-state index in [1.165, 1.54) is 24.0 Å². The molecule has 2 aromatic carbocycles. The van der Waals surface area contributed by atoms with E-state index in [9.17, 15) is 4.79 Å². The molecule has 29 heavy (non-hydrogen) atoms. The van der Waals surface area contributed by atoms with Gasteiger partial charge in [0.05, 0.1) is 13.2 Å². The van der Waals surface area contributed by atoms with Gasteiger partial charge in [-0.2, -0.15) is 0 Å². The Hall–Kier alpha value is -2.33. The number of methoxy groups -OCH3 is 1. The number of carbonyl (C=O) groups excluding carboxylic acids is 1. The van der Waals surface area contributed by atoms with Crippen LogP contribution in [0.25, 0.3) is 0 Å². The monoisotopic (exact) mass is 393 g/mol. The fourth-order valence-corrected chi connectivity index (χ4v) is 4.81. The van der Waals surface area contributed by atoms with Crippen molar-refractivity contribution >= 4 is 5.78 Å². The number of ether oxygens (including phenoxy) is 2. The highest BCUT2D eigenvalue weighted by molar-refractivity contribution is 5.80. The summed E-state index contributed by atoms with van der Waals surface area (Å²) in [5.41, 5.74) is 2.46. The second-order valence-electron chi connectivity index (χ2n) is 8.44. The van der Waals surface area contributed by atoms with E-state index in [0.29, 0.717) is 0 Å². The highest BCUT2D eigenvalue weighted by Gasteiger charge is 2.37. The zero-order chi connectivity index (χ0) is 20.2. The molecule has 0 aromatic heterocycles. The number of carbonyl (C=O) groups is 1. The minimum atomic E-state index is 0.0198. The predicted molar refractivity (Wildman–Crippen MR) is 115 cm³/mol. The molecule has 1 aliphatic heterocycles. The highest BCUT2D eigenvalue weighted by Crippen LogP contribution is 2.39. The van der Waals surface area contributed by atoms with Crippen LogP contribution < -0.4 is 9.47 Å². The van der Waals surface area contributed by atoms with Crippen LogP contribution in [0.5, 0.6) is 11.5 Å². The van der Waals surface area contributed by atoms with Crippen LogP contribution in [0.3, 0.4) is 0 Å². The molecule has 0 radical (unpaired) electrons. The van der Waals surface area contributed by atoms with Gasteiger partial charge in [0, 0.05) is 31.5 Å². The van der Waals surface area contributed by atoms with Gasteiger partial charge in [-0.05, 0) is 55.9 Å². The number of rotatable bonds is 7. The van der Waals surface area contributed by atoms with Gasteiger partial charge in [0.2, 0.25) is 0 Å². The summed E-state index contributed by atoms with van der Waals surface area (Å²) in [5.74, 6) is 2.07. The minimum Gasteiger partial charge on any atom is -0.493 e. The molecule has 4 heteroatoms. The molecular weight excluding hydrogens is 362 g/mol. The first-order chi connectivity index (χ1) is 14.1. The average Bonchev–Trinajstić information content (AvgIpc) is 3.39. The van der Waals surface area contributed by atoms with E-state index < -0.39 is 0 Å². The molecule has 0 bridgehead atoms. The molecule has 1 saturated carbocycles. The van der Waals surface area contributed by atoms with Crippen molar-refractivity contribution in [2.45, 2.75) is 51.2 Å². The van der Waals surface area contributed by atoms with Crippen molar-refractivity contribution in [3.63, 3.8) is 0 Å². The Balaban J connectivity index is 1.55. The average molecular weight is 394 g/mol. The highest BCUT2D eigenvalue weighted by atomic mass is 16.5. The number of hydrogen-bond acceptors (Lipinski definition) is 4. The number of ketones is 1. The van der Waals surface area contributed by atoms with Crippen molar-refractivity contribution in [3.05, 3.63) is 59.7 Å². The molecule has 2 aliphatic rings. The molecule has 1 aliphatic carbocycles.